The molecule has 0 amide bonds. The van der Waals surface area contributed by atoms with Crippen molar-refractivity contribution in [3.63, 3.8) is 0 Å². The third-order valence-corrected chi connectivity index (χ3v) is 14.8. The fourth-order valence-electron chi connectivity index (χ4n) is 9.88. The monoisotopic (exact) mass is 1180 g/mol. The Morgan fingerprint density at radius 2 is 0.725 bits per heavy atom. The first-order valence-corrected chi connectivity index (χ1v) is 33.3. The number of hydrogen-bond donors (Lipinski definition) is 0. The first-order chi connectivity index (χ1) is 38.9. The van der Waals surface area contributed by atoms with Crippen LogP contribution in [0, 0.1) is 73.6 Å². The average molecular weight is 1180 g/mol. The molecular weight excluding hydrogens is 1060 g/mol. The van der Waals surface area contributed by atoms with Gasteiger partial charge in [-0.05, 0) is 170 Å². The Bertz CT molecular complexity index is 2090. The van der Waals surface area contributed by atoms with Gasteiger partial charge in [0.1, 0.15) is 0 Å². The normalized spacial score (nSPS) is 10.5. The van der Waals surface area contributed by atoms with Crippen LogP contribution in [0.3, 0.4) is 0 Å². The number of nitrogens with zero attached hydrogens (tertiary/aromatic N) is 2. The van der Waals surface area contributed by atoms with E-state index >= 15 is 0 Å². The molecule has 80 heavy (non-hydrogen) atoms. The standard InChI is InChI=1S/C58H80N2.C12H25.C7H15.Pd/c1-8-15-21-23-25-27-28-29-30-31-32-34-36-38-44-58-52(41-19-12-5)47-56(48-53(58)42-37-35-33-26-24-22-16-9-2)60-54(14-7)49-59-55-45-50(39-17-10-3)57(43-20-13-6)51(46-55)40-18-11-4;1-3-5-7-9-11-12-10-8-6-4-2;1-3-5-7-6-4-2;/h2,45-49H,8,10-15,17-21,23,25,27-32,34,36,38-41,43-44H2,1,3-7H3;1,3-12H2,2H3;1,3-7H2,2H3;/q;2*-1;+2. The van der Waals surface area contributed by atoms with Crippen molar-refractivity contribution in [3.8, 4) is 59.7 Å². The molecule has 0 unspecified atom stereocenters. The van der Waals surface area contributed by atoms with Gasteiger partial charge in [-0.3, -0.25) is 9.98 Å². The van der Waals surface area contributed by atoms with Crippen LogP contribution in [-0.2, 0) is 52.5 Å². The second-order valence-corrected chi connectivity index (χ2v) is 22.1. The van der Waals surface area contributed by atoms with Crippen molar-refractivity contribution in [2.45, 2.75) is 331 Å². The van der Waals surface area contributed by atoms with Crippen LogP contribution >= 0.6 is 0 Å². The molecule has 0 aliphatic heterocycles. The zero-order valence-electron chi connectivity index (χ0n) is 53.5. The number of terminal acetylenes is 1. The van der Waals surface area contributed by atoms with Gasteiger partial charge in [-0.15, -0.1) is 6.42 Å². The molecule has 3 heteroatoms. The summed E-state index contributed by atoms with van der Waals surface area (Å²) in [6.45, 7) is 25.7. The molecule has 448 valence electrons. The molecule has 0 aliphatic carbocycles. The van der Waals surface area contributed by atoms with Crippen molar-refractivity contribution in [2.75, 3.05) is 0 Å². The van der Waals surface area contributed by atoms with E-state index < -0.39 is 0 Å². The molecule has 0 bridgehead atoms. The van der Waals surface area contributed by atoms with Gasteiger partial charge in [0, 0.05) is 11.8 Å². The van der Waals surface area contributed by atoms with Crippen molar-refractivity contribution >= 4 is 23.3 Å². The van der Waals surface area contributed by atoms with Crippen molar-refractivity contribution in [3.05, 3.63) is 71.5 Å². The summed E-state index contributed by atoms with van der Waals surface area (Å²) in [6, 6.07) is 9.20. The minimum Gasteiger partial charge on any atom is -0.343 e. The molecular formula is C77H120N2Pd. The molecule has 2 nitrogen and oxygen atoms in total. The molecule has 0 aliphatic rings. The van der Waals surface area contributed by atoms with Crippen molar-refractivity contribution in [1.29, 1.82) is 0 Å². The van der Waals surface area contributed by atoms with E-state index in [9.17, 15) is 0 Å². The molecule has 2 aromatic rings. The second-order valence-electron chi connectivity index (χ2n) is 22.1. The largest absolute Gasteiger partial charge is 2.00 e. The molecule has 0 aromatic heterocycles. The van der Waals surface area contributed by atoms with Crippen LogP contribution in [0.5, 0.6) is 0 Å². The molecule has 0 fully saturated rings. The van der Waals surface area contributed by atoms with E-state index in [1.807, 2.05) is 6.21 Å². The van der Waals surface area contributed by atoms with Crippen LogP contribution in [0.2, 0.25) is 0 Å². The van der Waals surface area contributed by atoms with Gasteiger partial charge in [-0.1, -0.05) is 254 Å². The Morgan fingerprint density at radius 1 is 0.388 bits per heavy atom. The molecule has 0 saturated heterocycles. The maximum absolute atomic E-state index is 5.23. The topological polar surface area (TPSA) is 24.7 Å². The Balaban J connectivity index is 0. The van der Waals surface area contributed by atoms with Crippen LogP contribution in [-0.4, -0.2) is 11.9 Å². The molecule has 0 radical (unpaired) electrons. The summed E-state index contributed by atoms with van der Waals surface area (Å²) in [6.07, 6.45) is 62.4. The summed E-state index contributed by atoms with van der Waals surface area (Å²) >= 11 is 0. The fraction of sp³-hybridized carbons (Fsp3) is 0.662. The number of aryl methyl sites for hydroxylation is 3. The van der Waals surface area contributed by atoms with Crippen LogP contribution in [0.1, 0.15) is 333 Å². The number of rotatable bonds is 44. The van der Waals surface area contributed by atoms with Gasteiger partial charge in [0.05, 0.1) is 17.1 Å². The van der Waals surface area contributed by atoms with Gasteiger partial charge >= 0.3 is 20.4 Å². The summed E-state index contributed by atoms with van der Waals surface area (Å²) in [5.74, 6) is 25.0. The Hall–Kier alpha value is -3.76. The van der Waals surface area contributed by atoms with E-state index in [-0.39, 0.29) is 20.4 Å². The maximum atomic E-state index is 5.23. The minimum absolute atomic E-state index is 0. The Morgan fingerprint density at radius 3 is 1.14 bits per heavy atom. The molecule has 0 spiro atoms. The number of benzene rings is 2. The summed E-state index contributed by atoms with van der Waals surface area (Å²) in [4.78, 5) is 10.3. The van der Waals surface area contributed by atoms with Crippen LogP contribution < -0.4 is 0 Å². The van der Waals surface area contributed by atoms with Gasteiger partial charge in [0.15, 0.2) is 0 Å². The van der Waals surface area contributed by atoms with Crippen LogP contribution in [0.15, 0.2) is 34.3 Å². The van der Waals surface area contributed by atoms with E-state index in [0.29, 0.717) is 0 Å². The van der Waals surface area contributed by atoms with Crippen LogP contribution in [0.4, 0.5) is 11.4 Å². The first kappa shape index (κ1) is 78.3. The van der Waals surface area contributed by atoms with E-state index in [2.05, 4.69) is 147 Å². The van der Waals surface area contributed by atoms with Gasteiger partial charge in [-0.25, -0.2) is 0 Å². The smallest absolute Gasteiger partial charge is 0.343 e. The van der Waals surface area contributed by atoms with Crippen molar-refractivity contribution in [2.24, 2.45) is 9.98 Å². The van der Waals surface area contributed by atoms with Gasteiger partial charge in [0.2, 0.25) is 0 Å². The van der Waals surface area contributed by atoms with E-state index in [4.69, 9.17) is 16.4 Å². The fourth-order valence-corrected chi connectivity index (χ4v) is 9.88. The van der Waals surface area contributed by atoms with Crippen molar-refractivity contribution < 1.29 is 20.4 Å². The summed E-state index contributed by atoms with van der Waals surface area (Å²) in [7, 11) is 0. The van der Waals surface area contributed by atoms with Crippen LogP contribution in [0.25, 0.3) is 0 Å². The molecule has 0 atom stereocenters. The van der Waals surface area contributed by atoms with E-state index in [1.165, 1.54) is 241 Å². The molecule has 2 aromatic carbocycles. The third-order valence-electron chi connectivity index (χ3n) is 14.8. The van der Waals surface area contributed by atoms with E-state index in [0.717, 1.165) is 80.4 Å². The number of aliphatic imine (C=N–C) groups is 2. The second kappa shape index (κ2) is 61.3. The minimum atomic E-state index is 0. The quantitative estimate of drug-likeness (QED) is 0.0208. The average Bonchev–Trinajstić information content (AvgIpc) is 3.46. The predicted molar refractivity (Wildman–Crippen MR) is 357 cm³/mol. The van der Waals surface area contributed by atoms with E-state index in [1.54, 1.807) is 5.56 Å². The molecule has 0 saturated carbocycles. The Kier molecular flexibility index (Phi) is 60.0. The first-order valence-electron chi connectivity index (χ1n) is 33.3. The molecule has 0 N–H and O–H groups in total. The summed E-state index contributed by atoms with van der Waals surface area (Å²) < 4.78 is 0. The molecule has 0 heterocycles. The van der Waals surface area contributed by atoms with Gasteiger partial charge < -0.3 is 13.8 Å². The van der Waals surface area contributed by atoms with Gasteiger partial charge in [0.25, 0.3) is 0 Å². The van der Waals surface area contributed by atoms with Crippen molar-refractivity contribution in [1.82, 2.24) is 0 Å². The zero-order valence-corrected chi connectivity index (χ0v) is 55.0. The molecule has 2 rings (SSSR count). The Labute approximate surface area is 513 Å². The zero-order chi connectivity index (χ0) is 57.9. The third kappa shape index (κ3) is 44.8. The summed E-state index contributed by atoms with van der Waals surface area (Å²) in [5, 5.41) is 0. The van der Waals surface area contributed by atoms with Gasteiger partial charge in [-0.2, -0.15) is 12.8 Å². The predicted octanol–water partition coefficient (Wildman–Crippen LogP) is 23.5. The number of hydrogen-bond acceptors (Lipinski definition) is 2. The maximum Gasteiger partial charge on any atom is 2.00 e. The SMILES string of the molecule is C#CC#CC#CC#CC#Cc1cc(N=C(C=Nc2cc(CCCC)c(CCCC)c(CCCC)c2)CC)cc(CCCC)c1CCCCCCCCCCCCCCCC.[CH2-]CCCCCC.[CH2-]CCCCCCCCCCC.[Pd+2]. The number of unbranched alkanes of at least 4 members (excludes halogenated alkanes) is 30. The summed E-state index contributed by atoms with van der Waals surface area (Å²) in [5.41, 5.74) is 11.3.